The zero-order chi connectivity index (χ0) is 35.9. The molecule has 2 aromatic carbocycles. The van der Waals surface area contributed by atoms with Crippen molar-refractivity contribution in [3.63, 3.8) is 0 Å². The number of carboxylic acids is 2. The predicted octanol–water partition coefficient (Wildman–Crippen LogP) is 8.80. The third kappa shape index (κ3) is 14.5. The quantitative estimate of drug-likeness (QED) is 0.136. The second-order valence-corrected chi connectivity index (χ2v) is 14.5. The highest BCUT2D eigenvalue weighted by Gasteiger charge is 2.28. The lowest BCUT2D eigenvalue weighted by Crippen LogP contribution is -2.50. The first-order valence-corrected chi connectivity index (χ1v) is 19.4. The van der Waals surface area contributed by atoms with E-state index in [0.717, 1.165) is 24.3 Å². The number of nitrogens with zero attached hydrogens (tertiary/aromatic N) is 2. The first-order valence-electron chi connectivity index (χ1n) is 17.9. The molecule has 2 aromatic rings. The fraction of sp³-hybridized carbons (Fsp3) is 0.632. The molecule has 0 atom stereocenters. The van der Waals surface area contributed by atoms with E-state index >= 15 is 0 Å². The molecule has 0 bridgehead atoms. The molecule has 0 aliphatic carbocycles. The van der Waals surface area contributed by atoms with E-state index in [1.54, 1.807) is 0 Å². The summed E-state index contributed by atoms with van der Waals surface area (Å²) in [5.74, 6) is -2.80. The molecule has 0 saturated heterocycles. The Bertz CT molecular complexity index is 1130. The van der Waals surface area contributed by atoms with Crippen LogP contribution in [0.4, 0.5) is 0 Å². The van der Waals surface area contributed by atoms with E-state index in [9.17, 15) is 18.0 Å². The number of carboxylic acid groups (broad SMARTS) is 2. The maximum absolute atomic E-state index is 12.6. The zero-order valence-corrected chi connectivity index (χ0v) is 31.6. The van der Waals surface area contributed by atoms with Crippen LogP contribution in [0.5, 0.6) is 0 Å². The highest BCUT2D eigenvalue weighted by Crippen LogP contribution is 2.27. The van der Waals surface area contributed by atoms with Crippen molar-refractivity contribution in [3.8, 4) is 0 Å². The van der Waals surface area contributed by atoms with Gasteiger partial charge in [0, 0.05) is 0 Å². The van der Waals surface area contributed by atoms with E-state index in [2.05, 4.69) is 55.4 Å². The average Bonchev–Trinajstić information content (AvgIpc) is 3.03. The van der Waals surface area contributed by atoms with Gasteiger partial charge in [-0.25, -0.2) is 18.0 Å². The summed E-state index contributed by atoms with van der Waals surface area (Å²) in [6.07, 6.45) is 10.7. The molecule has 9 heteroatoms. The second kappa shape index (κ2) is 23.6. The summed E-state index contributed by atoms with van der Waals surface area (Å²) in [4.78, 5) is 21.4. The standard InChI is InChI=1S/C14H10O6S.2C12H28N/c15-13(16)9-5-1-3-7-11(9)21(19,20)12-8-4-2-6-10(12)14(17)18;2*1-5-9-13(10-6-2,11-7-3)12-8-4/h1-8H,(H,15,16)(H,17,18);2*5-12H2,1-4H3/q;2*+1. The number of carbonyl (C=O) groups is 2. The van der Waals surface area contributed by atoms with Gasteiger partial charge in [-0.2, -0.15) is 0 Å². The van der Waals surface area contributed by atoms with Gasteiger partial charge in [0.05, 0.1) is 73.3 Å². The summed E-state index contributed by atoms with van der Waals surface area (Å²) in [5.41, 5.74) is -0.810. The number of hydrogen-bond acceptors (Lipinski definition) is 4. The topological polar surface area (TPSA) is 109 Å². The van der Waals surface area contributed by atoms with Crippen LogP contribution in [0.1, 0.15) is 127 Å². The van der Waals surface area contributed by atoms with Crippen molar-refractivity contribution in [1.82, 2.24) is 0 Å². The zero-order valence-electron chi connectivity index (χ0n) is 30.8. The van der Waals surface area contributed by atoms with Crippen molar-refractivity contribution < 1.29 is 37.2 Å². The molecule has 47 heavy (non-hydrogen) atoms. The van der Waals surface area contributed by atoms with E-state index in [4.69, 9.17) is 10.2 Å². The molecule has 0 saturated carbocycles. The Morgan fingerprint density at radius 3 is 0.872 bits per heavy atom. The SMILES string of the molecule is CCC[N+](CCC)(CCC)CCC.CCC[N+](CCC)(CCC)CCC.O=C(O)c1ccccc1S(=O)(=O)c1ccccc1C(=O)O. The van der Waals surface area contributed by atoms with E-state index in [1.807, 2.05) is 0 Å². The number of hydrogen-bond donors (Lipinski definition) is 2. The van der Waals surface area contributed by atoms with Gasteiger partial charge >= 0.3 is 11.9 Å². The Balaban J connectivity index is 0.000000714. The van der Waals surface area contributed by atoms with Crippen LogP contribution in [-0.2, 0) is 9.84 Å². The number of benzene rings is 2. The molecule has 2 N–H and O–H groups in total. The van der Waals surface area contributed by atoms with Crippen molar-refractivity contribution in [2.24, 2.45) is 0 Å². The normalized spacial score (nSPS) is 11.6. The van der Waals surface area contributed by atoms with Gasteiger partial charge in [-0.1, -0.05) is 79.7 Å². The Hall–Kier alpha value is -2.75. The molecule has 0 aromatic heterocycles. The summed E-state index contributed by atoms with van der Waals surface area (Å²) in [5, 5.41) is 18.1. The number of sulfone groups is 1. The number of quaternary nitrogens is 2. The van der Waals surface area contributed by atoms with E-state index in [1.165, 1.54) is 137 Å². The number of rotatable bonds is 20. The van der Waals surface area contributed by atoms with E-state index < -0.39 is 42.7 Å². The third-order valence-electron chi connectivity index (χ3n) is 8.40. The second-order valence-electron chi connectivity index (χ2n) is 12.6. The van der Waals surface area contributed by atoms with Crippen molar-refractivity contribution in [2.75, 3.05) is 52.4 Å². The highest BCUT2D eigenvalue weighted by molar-refractivity contribution is 7.91. The molecule has 0 aliphatic rings. The lowest BCUT2D eigenvalue weighted by atomic mass is 10.2. The van der Waals surface area contributed by atoms with Gasteiger partial charge in [-0.05, 0) is 75.6 Å². The van der Waals surface area contributed by atoms with Crippen LogP contribution in [0.15, 0.2) is 58.3 Å². The summed E-state index contributed by atoms with van der Waals surface area (Å²) in [6, 6.07) is 10.1. The van der Waals surface area contributed by atoms with Crippen LogP contribution >= 0.6 is 0 Å². The van der Waals surface area contributed by atoms with Crippen LogP contribution in [-0.4, -0.2) is 91.9 Å². The minimum absolute atomic E-state index is 0.405. The molecular formula is C38H66N2O6S+2. The molecule has 268 valence electrons. The van der Waals surface area contributed by atoms with Crippen LogP contribution < -0.4 is 0 Å². The lowest BCUT2D eigenvalue weighted by Gasteiger charge is -2.38. The summed E-state index contributed by atoms with van der Waals surface area (Å²) < 4.78 is 27.9. The summed E-state index contributed by atoms with van der Waals surface area (Å²) in [6.45, 7) is 29.6. The van der Waals surface area contributed by atoms with Gasteiger partial charge in [-0.3, -0.25) is 0 Å². The van der Waals surface area contributed by atoms with E-state index in [-0.39, 0.29) is 0 Å². The molecular weight excluding hydrogens is 612 g/mol. The van der Waals surface area contributed by atoms with Crippen LogP contribution in [0.3, 0.4) is 0 Å². The first kappa shape index (κ1) is 44.2. The van der Waals surface area contributed by atoms with E-state index in [0.29, 0.717) is 0 Å². The minimum atomic E-state index is -4.25. The summed E-state index contributed by atoms with van der Waals surface area (Å²) >= 11 is 0. The van der Waals surface area contributed by atoms with Crippen LogP contribution in [0.2, 0.25) is 0 Å². The Labute approximate surface area is 286 Å². The largest absolute Gasteiger partial charge is 0.478 e. The molecule has 8 nitrogen and oxygen atoms in total. The monoisotopic (exact) mass is 678 g/mol. The fourth-order valence-electron chi connectivity index (χ4n) is 7.01. The average molecular weight is 679 g/mol. The maximum atomic E-state index is 12.6. The Kier molecular flexibility index (Phi) is 22.2. The molecule has 0 radical (unpaired) electrons. The molecule has 0 spiro atoms. The Morgan fingerprint density at radius 1 is 0.468 bits per heavy atom. The summed E-state index contributed by atoms with van der Waals surface area (Å²) in [7, 11) is -4.25. The Morgan fingerprint density at radius 2 is 0.681 bits per heavy atom. The molecule has 0 fully saturated rings. The van der Waals surface area contributed by atoms with Crippen molar-refractivity contribution in [2.45, 2.75) is 117 Å². The number of aromatic carboxylic acids is 2. The molecule has 0 heterocycles. The van der Waals surface area contributed by atoms with Crippen molar-refractivity contribution in [1.29, 1.82) is 0 Å². The molecule has 2 rings (SSSR count). The molecule has 0 aliphatic heterocycles. The predicted molar refractivity (Wildman–Crippen MR) is 194 cm³/mol. The van der Waals surface area contributed by atoms with Crippen molar-refractivity contribution in [3.05, 3.63) is 59.7 Å². The van der Waals surface area contributed by atoms with Gasteiger partial charge in [0.2, 0.25) is 9.84 Å². The van der Waals surface area contributed by atoms with Crippen LogP contribution in [0.25, 0.3) is 0 Å². The third-order valence-corrected chi connectivity index (χ3v) is 10.3. The molecule has 0 amide bonds. The van der Waals surface area contributed by atoms with Gasteiger partial charge < -0.3 is 19.2 Å². The smallest absolute Gasteiger partial charge is 0.337 e. The fourth-order valence-corrected chi connectivity index (χ4v) is 8.65. The van der Waals surface area contributed by atoms with Gasteiger partial charge in [0.1, 0.15) is 0 Å². The van der Waals surface area contributed by atoms with Crippen molar-refractivity contribution >= 4 is 21.8 Å². The highest BCUT2D eigenvalue weighted by atomic mass is 32.2. The lowest BCUT2D eigenvalue weighted by molar-refractivity contribution is -0.928. The first-order chi connectivity index (χ1) is 22.3. The van der Waals surface area contributed by atoms with Gasteiger partial charge in [-0.15, -0.1) is 0 Å². The van der Waals surface area contributed by atoms with Gasteiger partial charge in [0.25, 0.3) is 0 Å². The van der Waals surface area contributed by atoms with Crippen LogP contribution in [0, 0.1) is 0 Å². The minimum Gasteiger partial charge on any atom is -0.478 e. The van der Waals surface area contributed by atoms with Gasteiger partial charge in [0.15, 0.2) is 0 Å². The maximum Gasteiger partial charge on any atom is 0.337 e. The molecule has 0 unspecified atom stereocenters.